The van der Waals surface area contributed by atoms with Crippen LogP contribution in [0, 0.1) is 29.6 Å². The van der Waals surface area contributed by atoms with Crippen LogP contribution in [0.3, 0.4) is 0 Å². The molecule has 0 saturated carbocycles. The Hall–Kier alpha value is -0.930. The van der Waals surface area contributed by atoms with Gasteiger partial charge in [-0.05, 0) is 99.5 Å². The van der Waals surface area contributed by atoms with Gasteiger partial charge in [-0.3, -0.25) is 9.69 Å². The van der Waals surface area contributed by atoms with Gasteiger partial charge in [-0.25, -0.2) is 0 Å². The molecule has 312 valence electrons. The SMILES string of the molecule is CCC(C)N(C)[C@H]1C[C@@H](C)O[C@@H](O[C@@H]2[C@@H](C)[C@H](O[C@H]3C[C@@](C)(OC)[C@@H](C)[C@H](C)O3)[C@@H](C)C(=O)O[C@H](CC)[C@@](C)(O)[C@H](O)[C@@H](C)C[C@H](C)C[C@]2(C)O)[C@@H]1O. The van der Waals surface area contributed by atoms with Crippen LogP contribution in [0.15, 0.2) is 0 Å². The second-order valence-corrected chi connectivity index (χ2v) is 18.0. The molecule has 0 aromatic heterocycles. The summed E-state index contributed by atoms with van der Waals surface area (Å²) in [5, 5.41) is 47.5. The predicted octanol–water partition coefficient (Wildman–Crippen LogP) is 5.05. The smallest absolute Gasteiger partial charge is 0.311 e. The molecule has 12 heteroatoms. The van der Waals surface area contributed by atoms with Crippen molar-refractivity contribution in [1.82, 2.24) is 4.90 Å². The van der Waals surface area contributed by atoms with Crippen molar-refractivity contribution >= 4 is 5.97 Å². The quantitative estimate of drug-likeness (QED) is 0.233. The number of cyclic esters (lactones) is 1. The van der Waals surface area contributed by atoms with E-state index in [0.717, 1.165) is 6.42 Å². The summed E-state index contributed by atoms with van der Waals surface area (Å²) < 4.78 is 38.4. The zero-order chi connectivity index (χ0) is 40.4. The van der Waals surface area contributed by atoms with Crippen LogP contribution >= 0.6 is 0 Å². The first-order valence-electron chi connectivity index (χ1n) is 20.4. The molecule has 3 saturated heterocycles. The third kappa shape index (κ3) is 10.5. The Morgan fingerprint density at radius 3 is 2.13 bits per heavy atom. The van der Waals surface area contributed by atoms with Gasteiger partial charge in [0.2, 0.25) is 0 Å². The van der Waals surface area contributed by atoms with Crippen molar-refractivity contribution in [3.05, 3.63) is 0 Å². The molecule has 3 heterocycles. The average Bonchev–Trinajstić information content (AvgIpc) is 3.09. The number of carbonyl (C=O) groups is 1. The van der Waals surface area contributed by atoms with Crippen LogP contribution in [-0.4, -0.2) is 130 Å². The van der Waals surface area contributed by atoms with Crippen molar-refractivity contribution < 1.29 is 53.6 Å². The standard InChI is InChI=1S/C41H77NO11/c1-16-24(5)42(14)30-19-25(6)49-38(33(30)43)53-36-26(7)34(52-32-21-40(12,48-15)28(9)29(10)50-32)27(8)37(45)51-31(17-2)41(13,47)35(44)23(4)18-22(3)20-39(36,11)46/h22-36,38,43-44,46-47H,16-21H2,1-15H3/t22-,23-,24?,25+,26-,27+,28-,29-,30-,31+,32-,33+,34-,35+,36+,38-,39-,40+,41+/m0/s1. The number of carbonyl (C=O) groups excluding carboxylic acids is 1. The summed E-state index contributed by atoms with van der Waals surface area (Å²) in [6, 6.07) is -0.0322. The van der Waals surface area contributed by atoms with Crippen LogP contribution in [0.25, 0.3) is 0 Å². The minimum atomic E-state index is -1.73. The van der Waals surface area contributed by atoms with Crippen LogP contribution < -0.4 is 0 Å². The molecule has 3 fully saturated rings. The van der Waals surface area contributed by atoms with Gasteiger partial charge >= 0.3 is 5.97 Å². The first-order valence-corrected chi connectivity index (χ1v) is 20.4. The maximum atomic E-state index is 14.2. The number of aliphatic hydroxyl groups excluding tert-OH is 2. The molecule has 53 heavy (non-hydrogen) atoms. The Balaban J connectivity index is 2.15. The van der Waals surface area contributed by atoms with Crippen LogP contribution in [0.5, 0.6) is 0 Å². The highest BCUT2D eigenvalue weighted by molar-refractivity contribution is 5.73. The number of esters is 1. The fraction of sp³-hybridized carbons (Fsp3) is 0.976. The summed E-state index contributed by atoms with van der Waals surface area (Å²) in [4.78, 5) is 16.4. The third-order valence-electron chi connectivity index (χ3n) is 13.5. The lowest BCUT2D eigenvalue weighted by Crippen LogP contribution is -2.61. The molecule has 0 radical (unpaired) electrons. The molecule has 12 nitrogen and oxygen atoms in total. The number of ether oxygens (including phenoxy) is 6. The summed E-state index contributed by atoms with van der Waals surface area (Å²) in [5.41, 5.74) is -3.82. The van der Waals surface area contributed by atoms with Gasteiger partial charge in [-0.2, -0.15) is 0 Å². The number of hydrogen-bond acceptors (Lipinski definition) is 12. The summed E-state index contributed by atoms with van der Waals surface area (Å²) in [6.07, 6.45) is -4.51. The van der Waals surface area contributed by atoms with Crippen LogP contribution in [-0.2, 0) is 33.2 Å². The van der Waals surface area contributed by atoms with Crippen molar-refractivity contribution in [2.24, 2.45) is 29.6 Å². The molecule has 3 rings (SSSR count). The van der Waals surface area contributed by atoms with Gasteiger partial charge in [0.15, 0.2) is 12.6 Å². The van der Waals surface area contributed by atoms with Crippen molar-refractivity contribution in [3.8, 4) is 0 Å². The number of aliphatic hydroxyl groups is 4. The van der Waals surface area contributed by atoms with E-state index in [2.05, 4.69) is 25.7 Å². The molecule has 1 unspecified atom stereocenters. The lowest BCUT2D eigenvalue weighted by atomic mass is 9.74. The van der Waals surface area contributed by atoms with Gasteiger partial charge in [0.25, 0.3) is 0 Å². The molecular formula is C41H77NO11. The number of rotatable bonds is 9. The topological polar surface area (TPSA) is 157 Å². The third-order valence-corrected chi connectivity index (χ3v) is 13.5. The Labute approximate surface area is 320 Å². The van der Waals surface area contributed by atoms with Gasteiger partial charge in [-0.15, -0.1) is 0 Å². The zero-order valence-corrected chi connectivity index (χ0v) is 35.6. The van der Waals surface area contributed by atoms with Crippen LogP contribution in [0.2, 0.25) is 0 Å². The molecular weight excluding hydrogens is 682 g/mol. The van der Waals surface area contributed by atoms with E-state index in [4.69, 9.17) is 28.4 Å². The van der Waals surface area contributed by atoms with Gasteiger partial charge in [-0.1, -0.05) is 41.5 Å². The molecule has 19 atom stereocenters. The first-order chi connectivity index (χ1) is 24.4. The van der Waals surface area contributed by atoms with E-state index in [9.17, 15) is 25.2 Å². The molecule has 3 aliphatic rings. The van der Waals surface area contributed by atoms with E-state index in [1.807, 2.05) is 55.5 Å². The molecule has 0 amide bonds. The number of hydrogen-bond donors (Lipinski definition) is 4. The van der Waals surface area contributed by atoms with Crippen LogP contribution in [0.4, 0.5) is 0 Å². The summed E-state index contributed by atoms with van der Waals surface area (Å²) in [5.74, 6) is -2.68. The molecule has 0 spiro atoms. The van der Waals surface area contributed by atoms with Crippen molar-refractivity contribution in [2.75, 3.05) is 14.2 Å². The number of likely N-dealkylation sites (N-methyl/N-ethyl adjacent to an activating group) is 1. The summed E-state index contributed by atoms with van der Waals surface area (Å²) in [6.45, 7) is 24.8. The zero-order valence-electron chi connectivity index (χ0n) is 35.6. The molecule has 0 aliphatic carbocycles. The normalized spacial score (nSPS) is 48.9. The van der Waals surface area contributed by atoms with Crippen molar-refractivity contribution in [1.29, 1.82) is 0 Å². The molecule has 3 aliphatic heterocycles. The predicted molar refractivity (Wildman–Crippen MR) is 203 cm³/mol. The highest BCUT2D eigenvalue weighted by atomic mass is 16.7. The Morgan fingerprint density at radius 1 is 0.943 bits per heavy atom. The Bertz CT molecular complexity index is 1150. The van der Waals surface area contributed by atoms with Crippen LogP contribution in [0.1, 0.15) is 129 Å². The Kier molecular flexibility index (Phi) is 16.3. The van der Waals surface area contributed by atoms with E-state index < -0.39 is 77.7 Å². The Morgan fingerprint density at radius 2 is 1.57 bits per heavy atom. The maximum absolute atomic E-state index is 14.2. The second-order valence-electron chi connectivity index (χ2n) is 18.0. The molecule has 0 aromatic rings. The monoisotopic (exact) mass is 760 g/mol. The van der Waals surface area contributed by atoms with Gasteiger partial charge < -0.3 is 48.8 Å². The van der Waals surface area contributed by atoms with Crippen molar-refractivity contribution in [3.63, 3.8) is 0 Å². The van der Waals surface area contributed by atoms with Gasteiger partial charge in [0, 0.05) is 37.5 Å². The van der Waals surface area contributed by atoms with Crippen molar-refractivity contribution in [2.45, 2.75) is 213 Å². The fourth-order valence-corrected chi connectivity index (χ4v) is 9.39. The van der Waals surface area contributed by atoms with E-state index in [1.165, 1.54) is 6.92 Å². The second kappa shape index (κ2) is 18.6. The van der Waals surface area contributed by atoms with E-state index in [1.54, 1.807) is 21.0 Å². The molecule has 0 bridgehead atoms. The van der Waals surface area contributed by atoms with Gasteiger partial charge in [0.05, 0.1) is 47.6 Å². The average molecular weight is 760 g/mol. The van der Waals surface area contributed by atoms with E-state index in [-0.39, 0.29) is 54.9 Å². The molecule has 4 N–H and O–H groups in total. The molecule has 0 aromatic carbocycles. The highest BCUT2D eigenvalue weighted by Gasteiger charge is 2.52. The number of nitrogens with zero attached hydrogens (tertiary/aromatic N) is 1. The number of methoxy groups -OCH3 is 1. The first kappa shape index (κ1) is 46.5. The fourth-order valence-electron chi connectivity index (χ4n) is 9.39. The van der Waals surface area contributed by atoms with E-state index >= 15 is 0 Å². The summed E-state index contributed by atoms with van der Waals surface area (Å²) in [7, 11) is 3.68. The largest absolute Gasteiger partial charge is 0.459 e. The maximum Gasteiger partial charge on any atom is 0.311 e. The van der Waals surface area contributed by atoms with E-state index in [0.29, 0.717) is 19.3 Å². The lowest BCUT2D eigenvalue weighted by molar-refractivity contribution is -0.314. The van der Waals surface area contributed by atoms with Gasteiger partial charge in [0.1, 0.15) is 17.8 Å². The highest BCUT2D eigenvalue weighted by Crippen LogP contribution is 2.42. The summed E-state index contributed by atoms with van der Waals surface area (Å²) >= 11 is 0. The minimum absolute atomic E-state index is 0.0595. The lowest BCUT2D eigenvalue weighted by Gasteiger charge is -2.50. The minimum Gasteiger partial charge on any atom is -0.459 e.